The maximum atomic E-state index is 11.3. The molecule has 0 aliphatic rings. The lowest BCUT2D eigenvalue weighted by molar-refractivity contribution is -0.186. The van der Waals surface area contributed by atoms with Crippen molar-refractivity contribution in [1.29, 1.82) is 0 Å². The van der Waals surface area contributed by atoms with Crippen LogP contribution in [-0.4, -0.2) is 21.9 Å². The van der Waals surface area contributed by atoms with Crippen molar-refractivity contribution in [3.8, 4) is 0 Å². The molecule has 4 heteroatoms. The van der Waals surface area contributed by atoms with Crippen LogP contribution in [-0.2, 0) is 4.79 Å². The van der Waals surface area contributed by atoms with Crippen LogP contribution in [0, 0.1) is 0 Å². The highest BCUT2D eigenvalue weighted by molar-refractivity contribution is 5.83. The quantitative estimate of drug-likeness (QED) is 0.263. The van der Waals surface area contributed by atoms with Crippen molar-refractivity contribution in [3.05, 3.63) is 12.8 Å². The molecular formula is C20H39NO3. The third-order valence-electron chi connectivity index (χ3n) is 4.48. The first-order valence-electron chi connectivity index (χ1n) is 9.91. The number of carbonyl (C=O) groups is 1. The molecule has 0 bridgehead atoms. The van der Waals surface area contributed by atoms with Gasteiger partial charge in [0.2, 0.25) is 5.79 Å². The van der Waals surface area contributed by atoms with Crippen molar-refractivity contribution in [2.24, 2.45) is 0 Å². The summed E-state index contributed by atoms with van der Waals surface area (Å²) < 4.78 is 0. The van der Waals surface area contributed by atoms with Crippen molar-refractivity contribution in [2.45, 2.75) is 109 Å². The summed E-state index contributed by atoms with van der Waals surface area (Å²) >= 11 is 0. The molecule has 0 saturated heterocycles. The highest BCUT2D eigenvalue weighted by atomic mass is 16.5. The van der Waals surface area contributed by atoms with Gasteiger partial charge in [0.1, 0.15) is 0 Å². The summed E-state index contributed by atoms with van der Waals surface area (Å²) in [5, 5.41) is 21.4. The summed E-state index contributed by atoms with van der Waals surface area (Å²) in [6.45, 7) is 5.59. The summed E-state index contributed by atoms with van der Waals surface area (Å²) in [5.41, 5.74) is 0. The van der Waals surface area contributed by atoms with Crippen molar-refractivity contribution >= 4 is 5.91 Å². The zero-order valence-corrected chi connectivity index (χ0v) is 15.7. The third-order valence-corrected chi connectivity index (χ3v) is 4.48. The lowest BCUT2D eigenvalue weighted by Crippen LogP contribution is -2.44. The summed E-state index contributed by atoms with van der Waals surface area (Å²) in [6.07, 6.45) is 18.6. The molecule has 0 aromatic rings. The molecule has 3 N–H and O–H groups in total. The molecule has 0 heterocycles. The second kappa shape index (κ2) is 15.6. The molecule has 0 spiro atoms. The number of hydrogen-bond acceptors (Lipinski definition) is 3. The first-order valence-corrected chi connectivity index (χ1v) is 9.91. The van der Waals surface area contributed by atoms with Gasteiger partial charge in [-0.15, -0.1) is 0 Å². The number of amides is 1. The molecule has 142 valence electrons. The molecule has 0 radical (unpaired) electrons. The van der Waals surface area contributed by atoms with E-state index in [0.717, 1.165) is 19.0 Å². The normalized spacial score (nSPS) is 11.5. The standard InChI is InChI=1S/C20H39NO3/c1-3-5-6-7-8-9-10-11-12-13-14-15-16-17-18-20(23,24)19(22)21-4-2/h4,23-24H,2-3,5-18H2,1H3,(H,21,22). The molecule has 0 aromatic heterocycles. The smallest absolute Gasteiger partial charge is 0.283 e. The van der Waals surface area contributed by atoms with E-state index in [1.54, 1.807) is 0 Å². The second-order valence-electron chi connectivity index (χ2n) is 6.84. The van der Waals surface area contributed by atoms with E-state index in [1.165, 1.54) is 70.6 Å². The van der Waals surface area contributed by atoms with Gasteiger partial charge in [0.05, 0.1) is 0 Å². The lowest BCUT2D eigenvalue weighted by Gasteiger charge is -2.19. The molecule has 4 nitrogen and oxygen atoms in total. The molecule has 0 saturated carbocycles. The molecule has 24 heavy (non-hydrogen) atoms. The molecule has 0 aromatic carbocycles. The number of aliphatic hydroxyl groups is 2. The van der Waals surface area contributed by atoms with E-state index in [4.69, 9.17) is 0 Å². The van der Waals surface area contributed by atoms with Crippen molar-refractivity contribution < 1.29 is 15.0 Å². The van der Waals surface area contributed by atoms with Gasteiger partial charge in [0, 0.05) is 6.42 Å². The van der Waals surface area contributed by atoms with Crippen LogP contribution in [0.4, 0.5) is 0 Å². The Bertz CT molecular complexity index is 316. The van der Waals surface area contributed by atoms with Gasteiger partial charge in [-0.05, 0) is 12.6 Å². The number of nitrogens with one attached hydrogen (secondary N) is 1. The zero-order valence-electron chi connectivity index (χ0n) is 15.7. The van der Waals surface area contributed by atoms with Gasteiger partial charge in [-0.2, -0.15) is 0 Å². The Labute approximate surface area is 148 Å². The largest absolute Gasteiger partial charge is 0.358 e. The minimum absolute atomic E-state index is 0.0741. The number of carbonyl (C=O) groups excluding carboxylic acids is 1. The molecule has 0 fully saturated rings. The summed E-state index contributed by atoms with van der Waals surface area (Å²) in [5.74, 6) is -3.07. The first kappa shape index (κ1) is 23.1. The highest BCUT2D eigenvalue weighted by Gasteiger charge is 2.31. The van der Waals surface area contributed by atoms with Gasteiger partial charge in [0.15, 0.2) is 0 Å². The lowest BCUT2D eigenvalue weighted by atomic mass is 10.0. The summed E-state index contributed by atoms with van der Waals surface area (Å²) in [4.78, 5) is 11.3. The van der Waals surface area contributed by atoms with E-state index >= 15 is 0 Å². The van der Waals surface area contributed by atoms with Crippen LogP contribution in [0.3, 0.4) is 0 Å². The maximum Gasteiger partial charge on any atom is 0.283 e. The predicted molar refractivity (Wildman–Crippen MR) is 100 cm³/mol. The third kappa shape index (κ3) is 13.6. The van der Waals surface area contributed by atoms with Gasteiger partial charge in [-0.1, -0.05) is 97.0 Å². The SMILES string of the molecule is C=CNC(=O)C(O)(O)CCCCCCCCCCCCCCCC. The van der Waals surface area contributed by atoms with Crippen LogP contribution in [0.25, 0.3) is 0 Å². The second-order valence-corrected chi connectivity index (χ2v) is 6.84. The monoisotopic (exact) mass is 341 g/mol. The van der Waals surface area contributed by atoms with Crippen LogP contribution < -0.4 is 5.32 Å². The predicted octanol–water partition coefficient (Wildman–Crippen LogP) is 4.80. The molecule has 0 unspecified atom stereocenters. The van der Waals surface area contributed by atoms with E-state index in [2.05, 4.69) is 18.8 Å². The Balaban J connectivity index is 3.31. The Kier molecular flexibility index (Phi) is 15.1. The molecule has 0 aliphatic heterocycles. The first-order chi connectivity index (χ1) is 11.5. The van der Waals surface area contributed by atoms with E-state index in [0.29, 0.717) is 6.42 Å². The van der Waals surface area contributed by atoms with E-state index in [9.17, 15) is 15.0 Å². The Morgan fingerprint density at radius 1 is 0.833 bits per heavy atom. The summed E-state index contributed by atoms with van der Waals surface area (Å²) in [6, 6.07) is 0. The minimum atomic E-state index is -2.27. The fourth-order valence-electron chi connectivity index (χ4n) is 2.89. The van der Waals surface area contributed by atoms with Crippen molar-refractivity contribution in [1.82, 2.24) is 5.32 Å². The average Bonchev–Trinajstić information content (AvgIpc) is 2.55. The van der Waals surface area contributed by atoms with E-state index in [1.807, 2.05) is 0 Å². The van der Waals surface area contributed by atoms with Crippen molar-refractivity contribution in [3.63, 3.8) is 0 Å². The van der Waals surface area contributed by atoms with E-state index in [-0.39, 0.29) is 6.42 Å². The Morgan fingerprint density at radius 2 is 1.21 bits per heavy atom. The summed E-state index contributed by atoms with van der Waals surface area (Å²) in [7, 11) is 0. The molecule has 0 aliphatic carbocycles. The fraction of sp³-hybridized carbons (Fsp3) is 0.850. The molecule has 1 amide bonds. The van der Waals surface area contributed by atoms with Crippen LogP contribution in [0.1, 0.15) is 103 Å². The number of rotatable bonds is 17. The van der Waals surface area contributed by atoms with Gasteiger partial charge < -0.3 is 15.5 Å². The highest BCUT2D eigenvalue weighted by Crippen LogP contribution is 2.16. The molecule has 0 rings (SSSR count). The molecular weight excluding hydrogens is 302 g/mol. The fourth-order valence-corrected chi connectivity index (χ4v) is 2.89. The Hall–Kier alpha value is -0.870. The molecule has 0 atom stereocenters. The zero-order chi connectivity index (χ0) is 18.1. The van der Waals surface area contributed by atoms with Crippen LogP contribution >= 0.6 is 0 Å². The maximum absolute atomic E-state index is 11.3. The van der Waals surface area contributed by atoms with Crippen LogP contribution in [0.15, 0.2) is 12.8 Å². The number of unbranched alkanes of at least 4 members (excludes halogenated alkanes) is 13. The topological polar surface area (TPSA) is 69.6 Å². The van der Waals surface area contributed by atoms with Gasteiger partial charge in [-0.3, -0.25) is 4.79 Å². The van der Waals surface area contributed by atoms with E-state index < -0.39 is 11.7 Å². The average molecular weight is 342 g/mol. The van der Waals surface area contributed by atoms with Crippen LogP contribution in [0.2, 0.25) is 0 Å². The van der Waals surface area contributed by atoms with Gasteiger partial charge >= 0.3 is 0 Å². The van der Waals surface area contributed by atoms with Crippen molar-refractivity contribution in [2.75, 3.05) is 0 Å². The van der Waals surface area contributed by atoms with Crippen LogP contribution in [0.5, 0.6) is 0 Å². The van der Waals surface area contributed by atoms with Gasteiger partial charge in [0.25, 0.3) is 5.91 Å². The van der Waals surface area contributed by atoms with Gasteiger partial charge in [-0.25, -0.2) is 0 Å². The number of hydrogen-bond donors (Lipinski definition) is 3. The Morgan fingerprint density at radius 3 is 1.58 bits per heavy atom. The minimum Gasteiger partial charge on any atom is -0.358 e.